The first-order valence-corrected chi connectivity index (χ1v) is 4.52. The van der Waals surface area contributed by atoms with Crippen LogP contribution in [0.25, 0.3) is 6.08 Å². The number of nitrogens with two attached hydrogens (primary N) is 1. The zero-order chi connectivity index (χ0) is 10.4. The Morgan fingerprint density at radius 3 is 2.86 bits per heavy atom. The molecule has 0 atom stereocenters. The third-order valence-corrected chi connectivity index (χ3v) is 1.89. The Morgan fingerprint density at radius 1 is 1.50 bits per heavy atom. The fourth-order valence-electron chi connectivity index (χ4n) is 1.17. The van der Waals surface area contributed by atoms with Crippen LogP contribution in [0.1, 0.15) is 5.56 Å². The Bertz CT molecular complexity index is 321. The molecule has 1 aromatic carbocycles. The molecule has 0 saturated heterocycles. The molecular weight excluding hydrogens is 176 g/mol. The van der Waals surface area contributed by atoms with Crippen LogP contribution in [0.4, 0.5) is 5.69 Å². The summed E-state index contributed by atoms with van der Waals surface area (Å²) in [7, 11) is 3.52. The van der Waals surface area contributed by atoms with E-state index in [0.717, 1.165) is 17.9 Å². The van der Waals surface area contributed by atoms with Crippen molar-refractivity contribution in [3.8, 4) is 5.75 Å². The quantitative estimate of drug-likeness (QED) is 0.711. The first-order chi connectivity index (χ1) is 6.77. The topological polar surface area (TPSA) is 47.3 Å². The largest absolute Gasteiger partial charge is 0.495 e. The van der Waals surface area contributed by atoms with Gasteiger partial charge in [-0.25, -0.2) is 0 Å². The summed E-state index contributed by atoms with van der Waals surface area (Å²) in [5.74, 6) is 0.718. The molecule has 0 spiro atoms. The molecule has 0 aliphatic heterocycles. The van der Waals surface area contributed by atoms with Crippen molar-refractivity contribution in [2.45, 2.75) is 0 Å². The third kappa shape index (κ3) is 2.78. The maximum Gasteiger partial charge on any atom is 0.141 e. The van der Waals surface area contributed by atoms with Gasteiger partial charge in [0.05, 0.1) is 12.8 Å². The normalized spacial score (nSPS) is 10.7. The van der Waals surface area contributed by atoms with Crippen LogP contribution in [0.3, 0.4) is 0 Å². The highest BCUT2D eigenvalue weighted by molar-refractivity contribution is 5.61. The monoisotopic (exact) mass is 192 g/mol. The van der Waals surface area contributed by atoms with Crippen LogP contribution in [0.2, 0.25) is 0 Å². The number of hydrogen-bond donors (Lipinski definition) is 2. The highest BCUT2D eigenvalue weighted by Crippen LogP contribution is 2.22. The van der Waals surface area contributed by atoms with E-state index in [4.69, 9.17) is 10.5 Å². The van der Waals surface area contributed by atoms with Crippen molar-refractivity contribution < 1.29 is 4.74 Å². The van der Waals surface area contributed by atoms with Gasteiger partial charge in [-0.05, 0) is 24.7 Å². The van der Waals surface area contributed by atoms with Gasteiger partial charge in [0.15, 0.2) is 0 Å². The van der Waals surface area contributed by atoms with Crippen LogP contribution in [-0.2, 0) is 0 Å². The van der Waals surface area contributed by atoms with Gasteiger partial charge in [-0.2, -0.15) is 0 Å². The van der Waals surface area contributed by atoms with E-state index >= 15 is 0 Å². The van der Waals surface area contributed by atoms with Crippen molar-refractivity contribution in [1.29, 1.82) is 0 Å². The van der Waals surface area contributed by atoms with E-state index in [1.54, 1.807) is 7.11 Å². The number of benzene rings is 1. The van der Waals surface area contributed by atoms with Crippen LogP contribution < -0.4 is 15.8 Å². The van der Waals surface area contributed by atoms with Crippen LogP contribution in [0.5, 0.6) is 5.75 Å². The van der Waals surface area contributed by atoms with Gasteiger partial charge in [-0.3, -0.25) is 0 Å². The fourth-order valence-corrected chi connectivity index (χ4v) is 1.17. The van der Waals surface area contributed by atoms with E-state index in [1.165, 1.54) is 0 Å². The average molecular weight is 192 g/mol. The van der Waals surface area contributed by atoms with Gasteiger partial charge in [-0.15, -0.1) is 0 Å². The van der Waals surface area contributed by atoms with Gasteiger partial charge >= 0.3 is 0 Å². The minimum Gasteiger partial charge on any atom is -0.495 e. The molecule has 1 aromatic rings. The number of likely N-dealkylation sites (N-methyl/N-ethyl adjacent to an activating group) is 1. The molecule has 0 amide bonds. The summed E-state index contributed by atoms with van der Waals surface area (Å²) < 4.78 is 5.06. The molecule has 0 unspecified atom stereocenters. The minimum absolute atomic E-state index is 0.666. The van der Waals surface area contributed by atoms with Crippen molar-refractivity contribution in [3.05, 3.63) is 29.8 Å². The molecule has 3 N–H and O–H groups in total. The maximum absolute atomic E-state index is 5.76. The van der Waals surface area contributed by atoms with Crippen molar-refractivity contribution in [3.63, 3.8) is 0 Å². The zero-order valence-corrected chi connectivity index (χ0v) is 8.58. The number of methoxy groups -OCH3 is 1. The van der Waals surface area contributed by atoms with E-state index in [0.29, 0.717) is 5.69 Å². The second-order valence-corrected chi connectivity index (χ2v) is 2.96. The third-order valence-electron chi connectivity index (χ3n) is 1.89. The molecule has 1 rings (SSSR count). The Morgan fingerprint density at radius 2 is 2.29 bits per heavy atom. The molecule has 0 saturated carbocycles. The molecule has 3 nitrogen and oxygen atoms in total. The molecule has 0 bridgehead atoms. The molecule has 76 valence electrons. The number of hydrogen-bond acceptors (Lipinski definition) is 3. The molecule has 0 aromatic heterocycles. The fraction of sp³-hybridized carbons (Fsp3) is 0.273. The van der Waals surface area contributed by atoms with Crippen molar-refractivity contribution in [2.75, 3.05) is 26.4 Å². The lowest BCUT2D eigenvalue weighted by molar-refractivity contribution is 0.417. The van der Waals surface area contributed by atoms with Crippen molar-refractivity contribution in [2.24, 2.45) is 0 Å². The van der Waals surface area contributed by atoms with Crippen LogP contribution in [0, 0.1) is 0 Å². The standard InChI is InChI=1S/C11H16N2O/c1-13-7-3-4-9-5-6-11(14-2)10(12)8-9/h3-6,8,13H,7,12H2,1-2H3. The predicted octanol–water partition coefficient (Wildman–Crippen LogP) is 1.51. The molecule has 0 radical (unpaired) electrons. The summed E-state index contributed by atoms with van der Waals surface area (Å²) in [5, 5.41) is 3.03. The number of rotatable bonds is 4. The first kappa shape index (κ1) is 10.6. The van der Waals surface area contributed by atoms with Gasteiger partial charge in [0.2, 0.25) is 0 Å². The number of anilines is 1. The summed E-state index contributed by atoms with van der Waals surface area (Å²) in [5.41, 5.74) is 7.51. The predicted molar refractivity (Wildman–Crippen MR) is 60.4 cm³/mol. The molecular formula is C11H16N2O. The zero-order valence-electron chi connectivity index (χ0n) is 8.58. The van der Waals surface area contributed by atoms with Crippen molar-refractivity contribution >= 4 is 11.8 Å². The lowest BCUT2D eigenvalue weighted by atomic mass is 10.2. The lowest BCUT2D eigenvalue weighted by Crippen LogP contribution is -2.03. The van der Waals surface area contributed by atoms with Crippen LogP contribution in [0.15, 0.2) is 24.3 Å². The number of ether oxygens (including phenoxy) is 1. The SMILES string of the molecule is CNCC=Cc1ccc(OC)c(N)c1. The second kappa shape index (κ2) is 5.29. The average Bonchev–Trinajstić information content (AvgIpc) is 2.18. The lowest BCUT2D eigenvalue weighted by Gasteiger charge is -2.04. The van der Waals surface area contributed by atoms with Crippen LogP contribution >= 0.6 is 0 Å². The molecule has 0 aliphatic rings. The number of nitrogen functional groups attached to an aromatic ring is 1. The van der Waals surface area contributed by atoms with E-state index in [1.807, 2.05) is 37.4 Å². The molecule has 0 fully saturated rings. The highest BCUT2D eigenvalue weighted by atomic mass is 16.5. The number of nitrogens with one attached hydrogen (secondary N) is 1. The smallest absolute Gasteiger partial charge is 0.141 e. The molecule has 0 heterocycles. The van der Waals surface area contributed by atoms with Gasteiger partial charge in [-0.1, -0.05) is 18.2 Å². The van der Waals surface area contributed by atoms with Crippen molar-refractivity contribution in [1.82, 2.24) is 5.32 Å². The van der Waals surface area contributed by atoms with Gasteiger partial charge in [0.25, 0.3) is 0 Å². The Labute approximate surface area is 84.6 Å². The summed E-state index contributed by atoms with van der Waals surface area (Å²) in [6.45, 7) is 0.853. The highest BCUT2D eigenvalue weighted by Gasteiger charge is 1.97. The Balaban J connectivity index is 2.76. The molecule has 14 heavy (non-hydrogen) atoms. The van der Waals surface area contributed by atoms with E-state index in [-0.39, 0.29) is 0 Å². The Hall–Kier alpha value is -1.48. The van der Waals surface area contributed by atoms with Gasteiger partial charge in [0.1, 0.15) is 5.75 Å². The Kier molecular flexibility index (Phi) is 4.01. The van der Waals surface area contributed by atoms with E-state index < -0.39 is 0 Å². The maximum atomic E-state index is 5.76. The minimum atomic E-state index is 0.666. The van der Waals surface area contributed by atoms with Gasteiger partial charge < -0.3 is 15.8 Å². The molecule has 0 aliphatic carbocycles. The summed E-state index contributed by atoms with van der Waals surface area (Å²) >= 11 is 0. The molecule has 3 heteroatoms. The van der Waals surface area contributed by atoms with Gasteiger partial charge in [0, 0.05) is 6.54 Å². The van der Waals surface area contributed by atoms with Crippen LogP contribution in [-0.4, -0.2) is 20.7 Å². The second-order valence-electron chi connectivity index (χ2n) is 2.96. The van der Waals surface area contributed by atoms with E-state index in [2.05, 4.69) is 5.32 Å². The summed E-state index contributed by atoms with van der Waals surface area (Å²) in [6, 6.07) is 5.74. The van der Waals surface area contributed by atoms with E-state index in [9.17, 15) is 0 Å². The summed E-state index contributed by atoms with van der Waals surface area (Å²) in [4.78, 5) is 0. The summed E-state index contributed by atoms with van der Waals surface area (Å²) in [6.07, 6.45) is 4.06. The first-order valence-electron chi connectivity index (χ1n) is 4.52.